The Balaban J connectivity index is 2.18. The first-order chi connectivity index (χ1) is 7.74. The van der Waals surface area contributed by atoms with E-state index in [2.05, 4.69) is 35.6 Å². The van der Waals surface area contributed by atoms with Crippen LogP contribution in [0.4, 0.5) is 0 Å². The van der Waals surface area contributed by atoms with E-state index in [1.165, 1.54) is 18.5 Å². The van der Waals surface area contributed by atoms with Crippen molar-refractivity contribution in [1.29, 1.82) is 0 Å². The number of aryl methyl sites for hydroxylation is 1. The van der Waals surface area contributed by atoms with Crippen LogP contribution in [0.2, 0.25) is 0 Å². The van der Waals surface area contributed by atoms with Crippen molar-refractivity contribution in [1.82, 2.24) is 14.9 Å². The minimum Gasteiger partial charge on any atom is -0.333 e. The van der Waals surface area contributed by atoms with Crippen LogP contribution < -0.4 is 5.32 Å². The Morgan fingerprint density at radius 2 is 2.25 bits per heavy atom. The molecule has 0 aromatic carbocycles. The van der Waals surface area contributed by atoms with E-state index in [9.17, 15) is 0 Å². The Labute approximate surface area is 99.3 Å². The van der Waals surface area contributed by atoms with Crippen LogP contribution in [0.1, 0.15) is 45.7 Å². The van der Waals surface area contributed by atoms with E-state index in [4.69, 9.17) is 0 Å². The van der Waals surface area contributed by atoms with Crippen LogP contribution in [0, 0.1) is 5.92 Å². The second-order valence-electron chi connectivity index (χ2n) is 4.79. The van der Waals surface area contributed by atoms with Gasteiger partial charge in [0.2, 0.25) is 0 Å². The second kappa shape index (κ2) is 7.44. The topological polar surface area (TPSA) is 29.9 Å². The molecule has 1 heterocycles. The van der Waals surface area contributed by atoms with Gasteiger partial charge in [-0.15, -0.1) is 0 Å². The van der Waals surface area contributed by atoms with Crippen molar-refractivity contribution in [3.63, 3.8) is 0 Å². The third-order valence-corrected chi connectivity index (χ3v) is 2.70. The van der Waals surface area contributed by atoms with Crippen LogP contribution in [0.25, 0.3) is 0 Å². The molecule has 1 rings (SSSR count). The van der Waals surface area contributed by atoms with Crippen LogP contribution in [0.15, 0.2) is 12.5 Å². The van der Waals surface area contributed by atoms with Gasteiger partial charge < -0.3 is 9.88 Å². The molecule has 0 aliphatic carbocycles. The molecule has 1 N–H and O–H groups in total. The third kappa shape index (κ3) is 4.79. The van der Waals surface area contributed by atoms with Crippen LogP contribution in [-0.4, -0.2) is 16.1 Å². The summed E-state index contributed by atoms with van der Waals surface area (Å²) in [6.45, 7) is 9.86. The first-order valence-corrected chi connectivity index (χ1v) is 6.43. The number of hydrogen-bond donors (Lipinski definition) is 1. The summed E-state index contributed by atoms with van der Waals surface area (Å²) in [5.74, 6) is 0.812. The van der Waals surface area contributed by atoms with Crippen molar-refractivity contribution in [2.45, 2.75) is 53.1 Å². The molecule has 0 unspecified atom stereocenters. The highest BCUT2D eigenvalue weighted by atomic mass is 15.1. The lowest BCUT2D eigenvalue weighted by molar-refractivity contribution is 0.519. The molecule has 0 aliphatic rings. The smallest absolute Gasteiger partial charge is 0.0948 e. The SMILES string of the molecule is CCCn1cncc1CNCCCC(C)C. The van der Waals surface area contributed by atoms with Crippen molar-refractivity contribution in [3.8, 4) is 0 Å². The van der Waals surface area contributed by atoms with Gasteiger partial charge in [0, 0.05) is 19.3 Å². The summed E-state index contributed by atoms with van der Waals surface area (Å²) in [6, 6.07) is 0. The Kier molecular flexibility index (Phi) is 6.16. The van der Waals surface area contributed by atoms with Crippen molar-refractivity contribution in [2.24, 2.45) is 5.92 Å². The summed E-state index contributed by atoms with van der Waals surface area (Å²) in [5, 5.41) is 3.48. The standard InChI is InChI=1S/C13H25N3/c1-4-8-16-11-15-10-13(16)9-14-7-5-6-12(2)3/h10-12,14H,4-9H2,1-3H3. The molecule has 3 nitrogen and oxygen atoms in total. The van der Waals surface area contributed by atoms with Gasteiger partial charge in [0.1, 0.15) is 0 Å². The molecule has 0 saturated carbocycles. The monoisotopic (exact) mass is 223 g/mol. The summed E-state index contributed by atoms with van der Waals surface area (Å²) >= 11 is 0. The minimum absolute atomic E-state index is 0.812. The Bertz CT molecular complexity index is 278. The van der Waals surface area contributed by atoms with Crippen molar-refractivity contribution in [2.75, 3.05) is 6.54 Å². The number of rotatable bonds is 8. The molecule has 0 spiro atoms. The lowest BCUT2D eigenvalue weighted by Gasteiger charge is -2.08. The molecular formula is C13H25N3. The highest BCUT2D eigenvalue weighted by Gasteiger charge is 2.00. The van der Waals surface area contributed by atoms with Crippen LogP contribution in [0.3, 0.4) is 0 Å². The minimum atomic E-state index is 0.812. The van der Waals surface area contributed by atoms with Gasteiger partial charge in [0.15, 0.2) is 0 Å². The molecule has 0 bridgehead atoms. The van der Waals surface area contributed by atoms with Gasteiger partial charge in [-0.25, -0.2) is 4.98 Å². The number of hydrogen-bond acceptors (Lipinski definition) is 2. The van der Waals surface area contributed by atoms with E-state index < -0.39 is 0 Å². The van der Waals surface area contributed by atoms with E-state index in [0.29, 0.717) is 0 Å². The molecule has 0 radical (unpaired) electrons. The second-order valence-corrected chi connectivity index (χ2v) is 4.79. The zero-order valence-electron chi connectivity index (χ0n) is 10.9. The number of aromatic nitrogens is 2. The molecule has 0 aliphatic heterocycles. The van der Waals surface area contributed by atoms with E-state index in [0.717, 1.165) is 32.0 Å². The van der Waals surface area contributed by atoms with E-state index in [1.807, 2.05) is 12.5 Å². The van der Waals surface area contributed by atoms with E-state index >= 15 is 0 Å². The molecular weight excluding hydrogens is 198 g/mol. The maximum atomic E-state index is 4.19. The summed E-state index contributed by atoms with van der Waals surface area (Å²) in [6.07, 6.45) is 7.62. The normalized spacial score (nSPS) is 11.2. The number of imidazole rings is 1. The summed E-state index contributed by atoms with van der Waals surface area (Å²) < 4.78 is 2.23. The lowest BCUT2D eigenvalue weighted by Crippen LogP contribution is -2.17. The summed E-state index contributed by atoms with van der Waals surface area (Å²) in [4.78, 5) is 4.19. The largest absolute Gasteiger partial charge is 0.333 e. The first-order valence-electron chi connectivity index (χ1n) is 6.43. The molecule has 0 amide bonds. The lowest BCUT2D eigenvalue weighted by atomic mass is 10.1. The van der Waals surface area contributed by atoms with Crippen molar-refractivity contribution >= 4 is 0 Å². The number of nitrogens with one attached hydrogen (secondary N) is 1. The van der Waals surface area contributed by atoms with Gasteiger partial charge in [-0.3, -0.25) is 0 Å². The fourth-order valence-corrected chi connectivity index (χ4v) is 1.79. The summed E-state index contributed by atoms with van der Waals surface area (Å²) in [5.41, 5.74) is 1.30. The van der Waals surface area contributed by atoms with Crippen LogP contribution >= 0.6 is 0 Å². The molecule has 1 aromatic heterocycles. The first kappa shape index (κ1) is 13.2. The van der Waals surface area contributed by atoms with Gasteiger partial charge in [0.25, 0.3) is 0 Å². The zero-order chi connectivity index (χ0) is 11.8. The highest BCUT2D eigenvalue weighted by molar-refractivity contribution is 4.97. The highest BCUT2D eigenvalue weighted by Crippen LogP contribution is 2.03. The van der Waals surface area contributed by atoms with Gasteiger partial charge in [0.05, 0.1) is 12.0 Å². The van der Waals surface area contributed by atoms with Crippen LogP contribution in [0.5, 0.6) is 0 Å². The Hall–Kier alpha value is -0.830. The molecule has 0 fully saturated rings. The third-order valence-electron chi connectivity index (χ3n) is 2.70. The Morgan fingerprint density at radius 3 is 2.94 bits per heavy atom. The average Bonchev–Trinajstić information content (AvgIpc) is 2.65. The maximum Gasteiger partial charge on any atom is 0.0948 e. The van der Waals surface area contributed by atoms with Gasteiger partial charge in [-0.1, -0.05) is 20.8 Å². The van der Waals surface area contributed by atoms with E-state index in [1.54, 1.807) is 0 Å². The fourth-order valence-electron chi connectivity index (χ4n) is 1.79. The van der Waals surface area contributed by atoms with Crippen molar-refractivity contribution < 1.29 is 0 Å². The van der Waals surface area contributed by atoms with Gasteiger partial charge in [-0.2, -0.15) is 0 Å². The number of nitrogens with zero attached hydrogens (tertiary/aromatic N) is 2. The zero-order valence-corrected chi connectivity index (χ0v) is 10.9. The molecule has 3 heteroatoms. The van der Waals surface area contributed by atoms with Crippen molar-refractivity contribution in [3.05, 3.63) is 18.2 Å². The fraction of sp³-hybridized carbons (Fsp3) is 0.769. The molecule has 1 aromatic rings. The Morgan fingerprint density at radius 1 is 1.44 bits per heavy atom. The van der Waals surface area contributed by atoms with Gasteiger partial charge in [-0.05, 0) is 31.7 Å². The summed E-state index contributed by atoms with van der Waals surface area (Å²) in [7, 11) is 0. The molecule has 0 saturated heterocycles. The average molecular weight is 223 g/mol. The quantitative estimate of drug-likeness (QED) is 0.687. The van der Waals surface area contributed by atoms with Crippen LogP contribution in [-0.2, 0) is 13.1 Å². The molecule has 16 heavy (non-hydrogen) atoms. The predicted octanol–water partition coefficient (Wildman–Crippen LogP) is 2.82. The molecule has 92 valence electrons. The van der Waals surface area contributed by atoms with Gasteiger partial charge >= 0.3 is 0 Å². The maximum absolute atomic E-state index is 4.19. The van der Waals surface area contributed by atoms with E-state index in [-0.39, 0.29) is 0 Å². The molecule has 0 atom stereocenters. The predicted molar refractivity (Wildman–Crippen MR) is 68.3 cm³/mol.